The molecule has 1 aromatic rings. The number of likely N-dealkylation sites (tertiary alicyclic amines) is 1. The van der Waals surface area contributed by atoms with Gasteiger partial charge in [-0.2, -0.15) is 0 Å². The first-order valence-corrected chi connectivity index (χ1v) is 15.4. The monoisotopic (exact) mass is 523 g/mol. The van der Waals surface area contributed by atoms with Crippen LogP contribution in [0.3, 0.4) is 0 Å². The van der Waals surface area contributed by atoms with Gasteiger partial charge in [0.1, 0.15) is 0 Å². The first-order chi connectivity index (χ1) is 18.7. The molecule has 0 radical (unpaired) electrons. The van der Waals surface area contributed by atoms with Gasteiger partial charge in [-0.1, -0.05) is 103 Å². The first kappa shape index (κ1) is 30.7. The lowest BCUT2D eigenvalue weighted by Crippen LogP contribution is -2.21. The van der Waals surface area contributed by atoms with E-state index in [1.807, 2.05) is 0 Å². The summed E-state index contributed by atoms with van der Waals surface area (Å²) in [5, 5.41) is 0. The number of hydrogen-bond donors (Lipinski definition) is 0. The van der Waals surface area contributed by atoms with Crippen LogP contribution in [0.2, 0.25) is 0 Å². The summed E-state index contributed by atoms with van der Waals surface area (Å²) < 4.78 is 0. The smallest absolute Gasteiger partial charge is 0.0438 e. The average Bonchev–Trinajstić information content (AvgIpc) is 3.16. The number of rotatable bonds is 12. The Morgan fingerprint density at radius 1 is 1.05 bits per heavy atom. The summed E-state index contributed by atoms with van der Waals surface area (Å²) in [5.41, 5.74) is 15.6. The summed E-state index contributed by atoms with van der Waals surface area (Å²) >= 11 is 0. The minimum Gasteiger partial charge on any atom is -0.366 e. The van der Waals surface area contributed by atoms with Crippen molar-refractivity contribution < 1.29 is 0 Å². The van der Waals surface area contributed by atoms with Crippen LogP contribution in [0.4, 0.5) is 0 Å². The van der Waals surface area contributed by atoms with Crippen LogP contribution in [-0.4, -0.2) is 11.4 Å². The molecule has 1 aliphatic heterocycles. The molecule has 3 rings (SSSR count). The van der Waals surface area contributed by atoms with Crippen LogP contribution in [0.15, 0.2) is 83.7 Å². The molecule has 1 fully saturated rings. The number of fused-ring (bicyclic) bond motifs is 1. The molecule has 1 saturated heterocycles. The van der Waals surface area contributed by atoms with Crippen molar-refractivity contribution in [3.63, 3.8) is 0 Å². The number of hydrogen-bond acceptors (Lipinski definition) is 1. The number of unbranched alkanes of at least 4 members (excludes halogenated alkanes) is 1. The van der Waals surface area contributed by atoms with E-state index >= 15 is 0 Å². The van der Waals surface area contributed by atoms with Crippen molar-refractivity contribution in [1.82, 2.24) is 4.90 Å². The fourth-order valence-corrected chi connectivity index (χ4v) is 6.40. The Morgan fingerprint density at radius 3 is 2.36 bits per heavy atom. The molecule has 2 atom stereocenters. The molecule has 39 heavy (non-hydrogen) atoms. The molecule has 0 N–H and O–H groups in total. The van der Waals surface area contributed by atoms with E-state index in [2.05, 4.69) is 116 Å². The minimum absolute atomic E-state index is 0.528. The van der Waals surface area contributed by atoms with Gasteiger partial charge in [-0.25, -0.2) is 0 Å². The van der Waals surface area contributed by atoms with Gasteiger partial charge in [0.2, 0.25) is 0 Å². The van der Waals surface area contributed by atoms with Gasteiger partial charge in [0.25, 0.3) is 0 Å². The zero-order valence-corrected chi connectivity index (χ0v) is 26.2. The van der Waals surface area contributed by atoms with E-state index in [4.69, 9.17) is 0 Å². The predicted molar refractivity (Wildman–Crippen MR) is 174 cm³/mol. The molecule has 1 aromatic carbocycles. The Balaban J connectivity index is 2.21. The van der Waals surface area contributed by atoms with Crippen molar-refractivity contribution >= 4 is 5.57 Å². The summed E-state index contributed by atoms with van der Waals surface area (Å²) in [7, 11) is 0. The molecular formula is C38H53N. The van der Waals surface area contributed by atoms with Gasteiger partial charge >= 0.3 is 0 Å². The van der Waals surface area contributed by atoms with Gasteiger partial charge in [0.15, 0.2) is 0 Å². The zero-order chi connectivity index (χ0) is 28.7. The SMILES string of the molecule is C=C/C(=C\C(C)CC)C1=C2C(=CC(C)=CC1)N(Cc1c(/C(C=C)=C/CCC)cc(C)c(CC)c1C)CC2CC. The van der Waals surface area contributed by atoms with Gasteiger partial charge in [-0.3, -0.25) is 0 Å². The van der Waals surface area contributed by atoms with Crippen LogP contribution in [0.1, 0.15) is 101 Å². The lowest BCUT2D eigenvalue weighted by molar-refractivity contribution is 0.354. The summed E-state index contributed by atoms with van der Waals surface area (Å²) in [6.45, 7) is 28.8. The third-order valence-corrected chi connectivity index (χ3v) is 8.91. The Labute approximate surface area is 240 Å². The lowest BCUT2D eigenvalue weighted by Gasteiger charge is -2.26. The molecule has 210 valence electrons. The van der Waals surface area contributed by atoms with Crippen LogP contribution in [0.5, 0.6) is 0 Å². The second kappa shape index (κ2) is 14.0. The van der Waals surface area contributed by atoms with E-state index in [1.165, 1.54) is 55.8 Å². The maximum Gasteiger partial charge on any atom is 0.0438 e. The molecule has 0 aromatic heterocycles. The van der Waals surface area contributed by atoms with E-state index in [0.29, 0.717) is 11.8 Å². The standard InChI is InChI=1S/C38H53N/c1-11-17-18-30(13-3)35-23-28(9)33(16-6)29(10)36(35)25-39-24-32(15-5)38-34(20-19-27(8)22-37(38)39)31(14-4)21-26(7)12-2/h13-14,18-19,21-23,26,32H,3-4,11-12,15-17,20,24-25H2,1-2,5-10H3/b30-18+,31-21+. The summed E-state index contributed by atoms with van der Waals surface area (Å²) in [5.74, 6) is 1.07. The van der Waals surface area contributed by atoms with Crippen molar-refractivity contribution in [2.45, 2.75) is 100 Å². The van der Waals surface area contributed by atoms with E-state index in [-0.39, 0.29) is 0 Å². The van der Waals surface area contributed by atoms with E-state index < -0.39 is 0 Å². The highest BCUT2D eigenvalue weighted by atomic mass is 15.2. The highest BCUT2D eigenvalue weighted by Gasteiger charge is 2.35. The van der Waals surface area contributed by atoms with Crippen molar-refractivity contribution in [3.8, 4) is 0 Å². The Hall–Kier alpha value is -2.80. The molecule has 1 heterocycles. The molecule has 1 heteroatoms. The van der Waals surface area contributed by atoms with Crippen LogP contribution in [0, 0.1) is 25.7 Å². The fraction of sp³-hybridized carbons (Fsp3) is 0.474. The van der Waals surface area contributed by atoms with Gasteiger partial charge in [-0.15, -0.1) is 0 Å². The van der Waals surface area contributed by atoms with E-state index in [1.54, 1.807) is 5.57 Å². The van der Waals surface area contributed by atoms with Gasteiger partial charge in [0.05, 0.1) is 0 Å². The molecule has 1 aliphatic carbocycles. The van der Waals surface area contributed by atoms with Crippen molar-refractivity contribution in [3.05, 3.63) is 111 Å². The summed E-state index contributed by atoms with van der Waals surface area (Å²) in [6.07, 6.45) is 20.4. The normalized spacial score (nSPS) is 19.0. The average molecular weight is 524 g/mol. The van der Waals surface area contributed by atoms with Crippen LogP contribution in [0.25, 0.3) is 5.57 Å². The van der Waals surface area contributed by atoms with Crippen LogP contribution >= 0.6 is 0 Å². The Morgan fingerprint density at radius 2 is 1.77 bits per heavy atom. The molecule has 0 spiro atoms. The predicted octanol–water partition coefficient (Wildman–Crippen LogP) is 10.8. The fourth-order valence-electron chi connectivity index (χ4n) is 6.40. The maximum absolute atomic E-state index is 4.26. The van der Waals surface area contributed by atoms with Gasteiger partial charge < -0.3 is 4.90 Å². The Kier molecular flexibility index (Phi) is 11.0. The molecule has 2 unspecified atom stereocenters. The van der Waals surface area contributed by atoms with Crippen molar-refractivity contribution in [1.29, 1.82) is 0 Å². The first-order valence-electron chi connectivity index (χ1n) is 15.4. The summed E-state index contributed by atoms with van der Waals surface area (Å²) in [4.78, 5) is 2.68. The third kappa shape index (κ3) is 6.68. The van der Waals surface area contributed by atoms with E-state index in [9.17, 15) is 0 Å². The topological polar surface area (TPSA) is 3.24 Å². The molecular weight excluding hydrogens is 470 g/mol. The van der Waals surface area contributed by atoms with Gasteiger partial charge in [-0.05, 0) is 109 Å². The van der Waals surface area contributed by atoms with Crippen molar-refractivity contribution in [2.24, 2.45) is 11.8 Å². The highest BCUT2D eigenvalue weighted by molar-refractivity contribution is 5.77. The maximum atomic E-state index is 4.26. The quantitative estimate of drug-likeness (QED) is 0.246. The van der Waals surface area contributed by atoms with Crippen LogP contribution in [-0.2, 0) is 13.0 Å². The lowest BCUT2D eigenvalue weighted by atomic mass is 9.87. The largest absolute Gasteiger partial charge is 0.366 e. The second-order valence-electron chi connectivity index (χ2n) is 11.6. The number of nitrogens with zero attached hydrogens (tertiary/aromatic N) is 1. The summed E-state index contributed by atoms with van der Waals surface area (Å²) in [6, 6.07) is 2.43. The molecule has 1 nitrogen and oxygen atoms in total. The number of allylic oxidation sites excluding steroid dienone is 11. The molecule has 0 bridgehead atoms. The molecule has 0 amide bonds. The molecule has 0 saturated carbocycles. The van der Waals surface area contributed by atoms with Crippen molar-refractivity contribution in [2.75, 3.05) is 6.54 Å². The number of aryl methyl sites for hydroxylation is 1. The number of benzene rings is 1. The van der Waals surface area contributed by atoms with Gasteiger partial charge in [0, 0.05) is 24.7 Å². The van der Waals surface area contributed by atoms with Crippen LogP contribution < -0.4 is 0 Å². The highest BCUT2D eigenvalue weighted by Crippen LogP contribution is 2.44. The zero-order valence-electron chi connectivity index (χ0n) is 26.2. The minimum atomic E-state index is 0.528. The third-order valence-electron chi connectivity index (χ3n) is 8.91. The molecule has 2 aliphatic rings. The van der Waals surface area contributed by atoms with E-state index in [0.717, 1.165) is 51.6 Å². The second-order valence-corrected chi connectivity index (χ2v) is 11.6. The Bertz CT molecular complexity index is 1230.